The van der Waals surface area contributed by atoms with E-state index in [0.29, 0.717) is 0 Å². The van der Waals surface area contributed by atoms with Gasteiger partial charge in [-0.3, -0.25) is 9.53 Å². The zero-order valence-corrected chi connectivity index (χ0v) is 13.9. The molecule has 0 saturated heterocycles. The normalized spacial score (nSPS) is 16.4. The van der Waals surface area contributed by atoms with Gasteiger partial charge in [0.2, 0.25) is 12.8 Å². The first-order valence-corrected chi connectivity index (χ1v) is 7.27. The van der Waals surface area contributed by atoms with E-state index in [-0.39, 0.29) is 5.56 Å². The SMILES string of the molecule is CC(F)(C(F)(F)F)C(F)(F)OC(C(=O)NCc1cc[n+](CO)cc1)C(F)(F)F. The molecule has 0 radical (unpaired) electrons. The van der Waals surface area contributed by atoms with Crippen molar-refractivity contribution in [2.24, 2.45) is 0 Å². The highest BCUT2D eigenvalue weighted by Gasteiger charge is 2.71. The standard InChI is InChI=1S/C14H13F9N2O3/c1-11(15,13(19,20)21)14(22,23)28-9(12(16,17)18)10(27)24-6-8-2-4-25(7-26)5-3-8/h2-5,9,26H,6-7H2,1H3/p+1. The Labute approximate surface area is 151 Å². The van der Waals surface area contributed by atoms with Gasteiger partial charge in [0, 0.05) is 18.7 Å². The number of carbonyl (C=O) groups is 1. The summed E-state index contributed by atoms with van der Waals surface area (Å²) in [6.45, 7) is -1.77. The number of alkyl halides is 9. The molecule has 2 unspecified atom stereocenters. The van der Waals surface area contributed by atoms with Crippen LogP contribution in [0.5, 0.6) is 0 Å². The van der Waals surface area contributed by atoms with E-state index in [1.54, 1.807) is 5.32 Å². The Morgan fingerprint density at radius 3 is 2.00 bits per heavy atom. The summed E-state index contributed by atoms with van der Waals surface area (Å²) < 4.78 is 120. The number of halogens is 9. The lowest BCUT2D eigenvalue weighted by Crippen LogP contribution is -2.59. The van der Waals surface area contributed by atoms with Crippen LogP contribution in [-0.2, 0) is 22.8 Å². The molecular formula is C14H14F9N2O3+. The van der Waals surface area contributed by atoms with E-state index >= 15 is 0 Å². The molecule has 0 aliphatic rings. The predicted octanol–water partition coefficient (Wildman–Crippen LogP) is 2.37. The molecule has 1 rings (SSSR count). The minimum atomic E-state index is -6.27. The third-order valence-electron chi connectivity index (χ3n) is 3.47. The fourth-order valence-corrected chi connectivity index (χ4v) is 1.67. The van der Waals surface area contributed by atoms with Crippen LogP contribution in [0, 0.1) is 0 Å². The zero-order chi connectivity index (χ0) is 22.0. The zero-order valence-electron chi connectivity index (χ0n) is 13.9. The van der Waals surface area contributed by atoms with Crippen LogP contribution in [0.3, 0.4) is 0 Å². The molecular weight excluding hydrogens is 415 g/mol. The molecule has 2 N–H and O–H groups in total. The Morgan fingerprint density at radius 2 is 1.61 bits per heavy atom. The quantitative estimate of drug-likeness (QED) is 0.517. The lowest BCUT2D eigenvalue weighted by atomic mass is 10.1. The molecule has 5 nitrogen and oxygen atoms in total. The molecule has 28 heavy (non-hydrogen) atoms. The van der Waals surface area contributed by atoms with Crippen molar-refractivity contribution in [3.63, 3.8) is 0 Å². The van der Waals surface area contributed by atoms with Crippen molar-refractivity contribution < 1.29 is 58.7 Å². The van der Waals surface area contributed by atoms with Gasteiger partial charge in [-0.15, -0.1) is 0 Å². The monoisotopic (exact) mass is 429 g/mol. The molecule has 0 aliphatic heterocycles. The van der Waals surface area contributed by atoms with Gasteiger partial charge in [-0.2, -0.15) is 39.7 Å². The smallest absolute Gasteiger partial charge is 0.349 e. The molecule has 14 heteroatoms. The van der Waals surface area contributed by atoms with E-state index in [1.165, 1.54) is 29.1 Å². The highest BCUT2D eigenvalue weighted by atomic mass is 19.4. The number of rotatable bonds is 7. The van der Waals surface area contributed by atoms with Crippen LogP contribution < -0.4 is 9.88 Å². The van der Waals surface area contributed by atoms with Crippen molar-refractivity contribution in [1.82, 2.24) is 5.32 Å². The van der Waals surface area contributed by atoms with Gasteiger partial charge in [-0.1, -0.05) is 0 Å². The molecule has 0 fully saturated rings. The van der Waals surface area contributed by atoms with Crippen LogP contribution in [0.25, 0.3) is 0 Å². The number of nitrogens with one attached hydrogen (secondary N) is 1. The third-order valence-corrected chi connectivity index (χ3v) is 3.47. The minimum absolute atomic E-state index is 0.163. The summed E-state index contributed by atoms with van der Waals surface area (Å²) in [5.41, 5.74) is -5.32. The van der Waals surface area contributed by atoms with Crippen molar-refractivity contribution in [3.8, 4) is 0 Å². The molecule has 1 amide bonds. The summed E-state index contributed by atoms with van der Waals surface area (Å²) in [7, 11) is 0. The van der Waals surface area contributed by atoms with Gasteiger partial charge in [-0.25, -0.2) is 4.39 Å². The Balaban J connectivity index is 2.97. The predicted molar refractivity (Wildman–Crippen MR) is 72.1 cm³/mol. The molecule has 1 heterocycles. The first kappa shape index (κ1) is 23.9. The maximum atomic E-state index is 13.5. The lowest BCUT2D eigenvalue weighted by molar-refractivity contribution is -0.730. The lowest BCUT2D eigenvalue weighted by Gasteiger charge is -2.33. The Morgan fingerprint density at radius 1 is 1.11 bits per heavy atom. The topological polar surface area (TPSA) is 62.4 Å². The molecule has 2 atom stereocenters. The number of carbonyl (C=O) groups excluding carboxylic acids is 1. The fourth-order valence-electron chi connectivity index (χ4n) is 1.67. The largest absolute Gasteiger partial charge is 0.430 e. The number of hydrogen-bond donors (Lipinski definition) is 2. The summed E-state index contributed by atoms with van der Waals surface area (Å²) in [6, 6.07) is 2.49. The number of amides is 1. The molecule has 0 spiro atoms. The van der Waals surface area contributed by atoms with Crippen molar-refractivity contribution >= 4 is 5.91 Å². The van der Waals surface area contributed by atoms with Crippen molar-refractivity contribution in [2.75, 3.05) is 0 Å². The number of hydrogen-bond acceptors (Lipinski definition) is 3. The number of pyridine rings is 1. The third kappa shape index (κ3) is 5.47. The summed E-state index contributed by atoms with van der Waals surface area (Å²) in [4.78, 5) is 11.6. The van der Waals surface area contributed by atoms with Crippen LogP contribution in [0.15, 0.2) is 24.5 Å². The van der Waals surface area contributed by atoms with Gasteiger partial charge in [-0.05, 0) is 12.5 Å². The first-order chi connectivity index (χ1) is 12.5. The summed E-state index contributed by atoms with van der Waals surface area (Å²) in [6.07, 6.45) is -19.7. The molecule has 0 aromatic carbocycles. The van der Waals surface area contributed by atoms with Gasteiger partial charge in [0.1, 0.15) is 0 Å². The number of ether oxygens (including phenoxy) is 1. The highest BCUT2D eigenvalue weighted by Crippen LogP contribution is 2.47. The number of aliphatic hydroxyl groups is 1. The van der Waals surface area contributed by atoms with Gasteiger partial charge >= 0.3 is 18.5 Å². The molecule has 0 saturated carbocycles. The average Bonchev–Trinajstić information content (AvgIpc) is 2.56. The summed E-state index contributed by atoms with van der Waals surface area (Å²) in [5.74, 6) is -2.25. The van der Waals surface area contributed by atoms with E-state index in [9.17, 15) is 44.3 Å². The van der Waals surface area contributed by atoms with E-state index in [2.05, 4.69) is 4.74 Å². The van der Waals surface area contributed by atoms with Crippen molar-refractivity contribution in [3.05, 3.63) is 30.1 Å². The Hall–Kier alpha value is -2.09. The maximum Gasteiger partial charge on any atom is 0.430 e. The second kappa shape index (κ2) is 8.11. The van der Waals surface area contributed by atoms with Crippen molar-refractivity contribution in [2.45, 2.75) is 50.4 Å². The van der Waals surface area contributed by atoms with Gasteiger partial charge in [0.05, 0.1) is 0 Å². The summed E-state index contributed by atoms with van der Waals surface area (Å²) >= 11 is 0. The van der Waals surface area contributed by atoms with E-state index in [1.807, 2.05) is 0 Å². The van der Waals surface area contributed by atoms with Crippen LogP contribution in [0.1, 0.15) is 12.5 Å². The molecule has 1 aromatic rings. The van der Waals surface area contributed by atoms with E-state index < -0.39 is 56.3 Å². The van der Waals surface area contributed by atoms with Crippen LogP contribution in [-0.4, -0.2) is 41.2 Å². The second-order valence-corrected chi connectivity index (χ2v) is 5.64. The molecule has 1 aromatic heterocycles. The second-order valence-electron chi connectivity index (χ2n) is 5.64. The first-order valence-electron chi connectivity index (χ1n) is 7.27. The minimum Gasteiger partial charge on any atom is -0.349 e. The van der Waals surface area contributed by atoms with Crippen LogP contribution >= 0.6 is 0 Å². The Kier molecular flexibility index (Phi) is 6.93. The van der Waals surface area contributed by atoms with Gasteiger partial charge in [0.25, 0.3) is 11.6 Å². The van der Waals surface area contributed by atoms with Crippen molar-refractivity contribution in [1.29, 1.82) is 0 Å². The number of nitrogens with zero attached hydrogens (tertiary/aromatic N) is 1. The molecule has 0 aliphatic carbocycles. The van der Waals surface area contributed by atoms with E-state index in [0.717, 1.165) is 0 Å². The van der Waals surface area contributed by atoms with Crippen LogP contribution in [0.2, 0.25) is 0 Å². The van der Waals surface area contributed by atoms with E-state index in [4.69, 9.17) is 5.11 Å². The number of aliphatic hydroxyl groups excluding tert-OH is 1. The average molecular weight is 429 g/mol. The molecule has 160 valence electrons. The maximum absolute atomic E-state index is 13.5. The highest BCUT2D eigenvalue weighted by molar-refractivity contribution is 5.81. The fraction of sp³-hybridized carbons (Fsp3) is 0.571. The Bertz CT molecular complexity index is 672. The van der Waals surface area contributed by atoms with Gasteiger partial charge < -0.3 is 10.4 Å². The number of aromatic nitrogens is 1. The molecule has 0 bridgehead atoms. The summed E-state index contributed by atoms with van der Waals surface area (Å²) in [5, 5.41) is 10.4. The van der Waals surface area contributed by atoms with Gasteiger partial charge in [0.15, 0.2) is 12.4 Å². The van der Waals surface area contributed by atoms with Crippen LogP contribution in [0.4, 0.5) is 39.5 Å².